The van der Waals surface area contributed by atoms with E-state index >= 15 is 0 Å². The van der Waals surface area contributed by atoms with Crippen molar-refractivity contribution in [3.8, 4) is 6.07 Å². The van der Waals surface area contributed by atoms with Gasteiger partial charge in [-0.05, 0) is 25.5 Å². The number of aromatic nitrogens is 1. The van der Waals surface area contributed by atoms with Crippen LogP contribution >= 0.6 is 0 Å². The number of aryl methyl sites for hydroxylation is 1. The molecule has 1 heterocycles. The second kappa shape index (κ2) is 4.58. The number of pyridine rings is 1. The van der Waals surface area contributed by atoms with E-state index in [-0.39, 0.29) is 6.04 Å². The van der Waals surface area contributed by atoms with E-state index in [9.17, 15) is 0 Å². The highest BCUT2D eigenvalue weighted by molar-refractivity contribution is 5.55. The van der Waals surface area contributed by atoms with Gasteiger partial charge >= 0.3 is 0 Å². The van der Waals surface area contributed by atoms with Crippen LogP contribution < -0.4 is 11.1 Å². The molecular formula is C10H14N4. The van der Waals surface area contributed by atoms with Gasteiger partial charge in [-0.2, -0.15) is 5.26 Å². The Balaban J connectivity index is 2.98. The molecule has 1 aromatic rings. The highest BCUT2D eigenvalue weighted by Crippen LogP contribution is 2.15. The number of nitriles is 1. The van der Waals surface area contributed by atoms with Crippen LogP contribution in [0.2, 0.25) is 0 Å². The highest BCUT2D eigenvalue weighted by Gasteiger charge is 2.07. The lowest BCUT2D eigenvalue weighted by atomic mass is 10.1. The molecule has 0 radical (unpaired) electrons. The van der Waals surface area contributed by atoms with E-state index in [4.69, 9.17) is 11.0 Å². The van der Waals surface area contributed by atoms with E-state index in [0.717, 1.165) is 5.56 Å². The van der Waals surface area contributed by atoms with Crippen LogP contribution in [0, 0.1) is 18.3 Å². The summed E-state index contributed by atoms with van der Waals surface area (Å²) in [6.07, 6.45) is 1.68. The lowest BCUT2D eigenvalue weighted by molar-refractivity contribution is 0.797. The van der Waals surface area contributed by atoms with Crippen molar-refractivity contribution in [3.63, 3.8) is 0 Å². The molecule has 74 valence electrons. The molecule has 0 bridgehead atoms. The molecule has 0 aliphatic rings. The fourth-order valence-corrected chi connectivity index (χ4v) is 1.10. The van der Waals surface area contributed by atoms with Gasteiger partial charge in [0.15, 0.2) is 0 Å². The molecular weight excluding hydrogens is 176 g/mol. The summed E-state index contributed by atoms with van der Waals surface area (Å²) in [6.45, 7) is 4.35. The van der Waals surface area contributed by atoms with Crippen LogP contribution in [0.4, 0.5) is 5.82 Å². The molecule has 1 rings (SSSR count). The molecule has 3 N–H and O–H groups in total. The van der Waals surface area contributed by atoms with Crippen LogP contribution in [-0.2, 0) is 0 Å². The number of nitrogens with two attached hydrogens (primary N) is 1. The van der Waals surface area contributed by atoms with Crippen molar-refractivity contribution in [3.05, 3.63) is 23.4 Å². The van der Waals surface area contributed by atoms with E-state index in [1.165, 1.54) is 0 Å². The van der Waals surface area contributed by atoms with Crippen molar-refractivity contribution in [2.24, 2.45) is 5.73 Å². The second-order valence-corrected chi connectivity index (χ2v) is 3.24. The Bertz CT molecular complexity index is 354. The Morgan fingerprint density at radius 2 is 2.43 bits per heavy atom. The topological polar surface area (TPSA) is 74.7 Å². The van der Waals surface area contributed by atoms with Gasteiger partial charge in [-0.15, -0.1) is 0 Å². The average molecular weight is 190 g/mol. The van der Waals surface area contributed by atoms with Crippen molar-refractivity contribution in [2.45, 2.75) is 19.9 Å². The number of hydrogen-bond donors (Lipinski definition) is 2. The Morgan fingerprint density at radius 3 is 3.00 bits per heavy atom. The Hall–Kier alpha value is -1.60. The van der Waals surface area contributed by atoms with Crippen molar-refractivity contribution < 1.29 is 0 Å². The van der Waals surface area contributed by atoms with Gasteiger partial charge in [0.1, 0.15) is 11.9 Å². The van der Waals surface area contributed by atoms with Gasteiger partial charge in [0.05, 0.1) is 5.56 Å². The Labute approximate surface area is 83.8 Å². The molecule has 0 saturated carbocycles. The molecule has 1 atom stereocenters. The van der Waals surface area contributed by atoms with Crippen molar-refractivity contribution >= 4 is 5.82 Å². The Kier molecular flexibility index (Phi) is 3.43. The third kappa shape index (κ3) is 2.21. The molecule has 1 aromatic heterocycles. The number of anilines is 1. The zero-order valence-corrected chi connectivity index (χ0v) is 8.41. The van der Waals surface area contributed by atoms with Crippen LogP contribution in [0.3, 0.4) is 0 Å². The minimum atomic E-state index is 0.122. The lowest BCUT2D eigenvalue weighted by Crippen LogP contribution is -2.26. The first-order chi connectivity index (χ1) is 6.69. The third-order valence-corrected chi connectivity index (χ3v) is 2.01. The molecule has 14 heavy (non-hydrogen) atoms. The molecule has 0 fully saturated rings. The zero-order valence-electron chi connectivity index (χ0n) is 8.41. The van der Waals surface area contributed by atoms with E-state index in [0.29, 0.717) is 17.9 Å². The van der Waals surface area contributed by atoms with Gasteiger partial charge < -0.3 is 11.1 Å². The van der Waals surface area contributed by atoms with Crippen LogP contribution in [0.15, 0.2) is 12.3 Å². The third-order valence-electron chi connectivity index (χ3n) is 2.01. The zero-order chi connectivity index (χ0) is 10.6. The minimum Gasteiger partial charge on any atom is -0.365 e. The number of rotatable bonds is 3. The summed E-state index contributed by atoms with van der Waals surface area (Å²) in [7, 11) is 0. The van der Waals surface area contributed by atoms with Crippen LogP contribution in [0.25, 0.3) is 0 Å². The fourth-order valence-electron chi connectivity index (χ4n) is 1.10. The summed E-state index contributed by atoms with van der Waals surface area (Å²) in [5, 5.41) is 12.0. The predicted octanol–water partition coefficient (Wildman–Crippen LogP) is 1.02. The summed E-state index contributed by atoms with van der Waals surface area (Å²) in [5.74, 6) is 0.616. The first kappa shape index (κ1) is 10.5. The van der Waals surface area contributed by atoms with E-state index < -0.39 is 0 Å². The van der Waals surface area contributed by atoms with Gasteiger partial charge in [-0.25, -0.2) is 4.98 Å². The SMILES string of the molecule is Cc1ccnc(NC(C)CN)c1C#N. The maximum atomic E-state index is 8.92. The second-order valence-electron chi connectivity index (χ2n) is 3.24. The number of hydrogen-bond acceptors (Lipinski definition) is 4. The molecule has 4 nitrogen and oxygen atoms in total. The van der Waals surface area contributed by atoms with Crippen LogP contribution in [0.1, 0.15) is 18.1 Å². The normalized spacial score (nSPS) is 11.9. The van der Waals surface area contributed by atoms with Crippen LogP contribution in [0.5, 0.6) is 0 Å². The summed E-state index contributed by atoms with van der Waals surface area (Å²) in [4.78, 5) is 4.11. The molecule has 0 spiro atoms. The van der Waals surface area contributed by atoms with Gasteiger partial charge in [0, 0.05) is 18.8 Å². The summed E-state index contributed by atoms with van der Waals surface area (Å²) < 4.78 is 0. The highest BCUT2D eigenvalue weighted by atomic mass is 15.0. The minimum absolute atomic E-state index is 0.122. The van der Waals surface area contributed by atoms with Crippen molar-refractivity contribution in [2.75, 3.05) is 11.9 Å². The van der Waals surface area contributed by atoms with Gasteiger partial charge in [0.25, 0.3) is 0 Å². The lowest BCUT2D eigenvalue weighted by Gasteiger charge is -2.13. The van der Waals surface area contributed by atoms with E-state index in [2.05, 4.69) is 16.4 Å². The van der Waals surface area contributed by atoms with Gasteiger partial charge in [-0.1, -0.05) is 0 Å². The van der Waals surface area contributed by atoms with Crippen LogP contribution in [-0.4, -0.2) is 17.6 Å². The first-order valence-electron chi connectivity index (χ1n) is 4.51. The van der Waals surface area contributed by atoms with Gasteiger partial charge in [-0.3, -0.25) is 0 Å². The summed E-state index contributed by atoms with van der Waals surface area (Å²) in [5.41, 5.74) is 6.99. The molecule has 0 aliphatic heterocycles. The molecule has 0 saturated heterocycles. The standard InChI is InChI=1S/C10H14N4/c1-7-3-4-13-10(9(7)6-12)14-8(2)5-11/h3-4,8H,5,11H2,1-2H3,(H,13,14). The van der Waals surface area contributed by atoms with Crippen molar-refractivity contribution in [1.29, 1.82) is 5.26 Å². The summed E-state index contributed by atoms with van der Waals surface area (Å²) >= 11 is 0. The van der Waals surface area contributed by atoms with E-state index in [1.807, 2.05) is 19.9 Å². The molecule has 0 amide bonds. The first-order valence-corrected chi connectivity index (χ1v) is 4.51. The average Bonchev–Trinajstić information content (AvgIpc) is 2.18. The summed E-state index contributed by atoms with van der Waals surface area (Å²) in [6, 6.07) is 4.07. The number of nitrogens with zero attached hydrogens (tertiary/aromatic N) is 2. The fraction of sp³-hybridized carbons (Fsp3) is 0.400. The molecule has 0 aliphatic carbocycles. The smallest absolute Gasteiger partial charge is 0.144 e. The van der Waals surface area contributed by atoms with Crippen molar-refractivity contribution in [1.82, 2.24) is 4.98 Å². The van der Waals surface area contributed by atoms with E-state index in [1.54, 1.807) is 6.20 Å². The maximum absolute atomic E-state index is 8.92. The molecule has 1 unspecified atom stereocenters. The molecule has 0 aromatic carbocycles. The monoisotopic (exact) mass is 190 g/mol. The Morgan fingerprint density at radius 1 is 1.71 bits per heavy atom. The van der Waals surface area contributed by atoms with Gasteiger partial charge in [0.2, 0.25) is 0 Å². The predicted molar refractivity (Wildman–Crippen MR) is 55.8 cm³/mol. The number of nitrogens with one attached hydrogen (secondary N) is 1. The maximum Gasteiger partial charge on any atom is 0.144 e. The molecule has 4 heteroatoms. The largest absolute Gasteiger partial charge is 0.365 e. The quantitative estimate of drug-likeness (QED) is 0.746.